The number of pyridine rings is 1. The first kappa shape index (κ1) is 18.1. The molecule has 0 aromatic carbocycles. The highest BCUT2D eigenvalue weighted by Crippen LogP contribution is 2.02. The zero-order chi connectivity index (χ0) is 13.2. The molecule has 4 nitrogen and oxygen atoms in total. The van der Waals surface area contributed by atoms with Gasteiger partial charge in [-0.1, -0.05) is 19.9 Å². The lowest BCUT2D eigenvalue weighted by atomic mass is 10.1. The fourth-order valence-corrected chi connectivity index (χ4v) is 1.62. The van der Waals surface area contributed by atoms with Gasteiger partial charge in [-0.3, -0.25) is 9.98 Å². The van der Waals surface area contributed by atoms with Crippen molar-refractivity contribution in [3.05, 3.63) is 30.1 Å². The van der Waals surface area contributed by atoms with Crippen LogP contribution in [0.2, 0.25) is 0 Å². The second-order valence-corrected chi connectivity index (χ2v) is 4.80. The van der Waals surface area contributed by atoms with Crippen LogP contribution in [0.3, 0.4) is 0 Å². The van der Waals surface area contributed by atoms with Crippen LogP contribution in [0.25, 0.3) is 0 Å². The molecule has 1 heterocycles. The maximum absolute atomic E-state index is 5.77. The highest BCUT2D eigenvalue weighted by atomic mass is 127. The van der Waals surface area contributed by atoms with E-state index in [2.05, 4.69) is 29.1 Å². The maximum atomic E-state index is 5.77. The van der Waals surface area contributed by atoms with Crippen molar-refractivity contribution in [2.45, 2.75) is 33.1 Å². The highest BCUT2D eigenvalue weighted by molar-refractivity contribution is 14.0. The highest BCUT2D eigenvalue weighted by Gasteiger charge is 1.96. The van der Waals surface area contributed by atoms with E-state index in [1.807, 2.05) is 18.2 Å². The number of hydrogen-bond acceptors (Lipinski definition) is 2. The van der Waals surface area contributed by atoms with E-state index in [0.29, 0.717) is 5.96 Å². The molecule has 3 N–H and O–H groups in total. The molecule has 0 bridgehead atoms. The van der Waals surface area contributed by atoms with E-state index in [4.69, 9.17) is 5.73 Å². The van der Waals surface area contributed by atoms with Gasteiger partial charge in [-0.2, -0.15) is 0 Å². The normalized spacial score (nSPS) is 11.2. The molecule has 0 aliphatic rings. The lowest BCUT2D eigenvalue weighted by Crippen LogP contribution is -2.33. The van der Waals surface area contributed by atoms with E-state index >= 15 is 0 Å². The van der Waals surface area contributed by atoms with Crippen LogP contribution in [-0.2, 0) is 6.42 Å². The Bertz CT molecular complexity index is 352. The number of nitrogens with one attached hydrogen (secondary N) is 1. The van der Waals surface area contributed by atoms with Crippen LogP contribution in [0.5, 0.6) is 0 Å². The molecule has 0 spiro atoms. The van der Waals surface area contributed by atoms with Crippen molar-refractivity contribution < 1.29 is 0 Å². The Morgan fingerprint density at radius 1 is 1.42 bits per heavy atom. The van der Waals surface area contributed by atoms with Crippen LogP contribution in [-0.4, -0.2) is 24.0 Å². The number of nitrogens with two attached hydrogens (primary N) is 1. The van der Waals surface area contributed by atoms with Crippen molar-refractivity contribution in [1.82, 2.24) is 10.3 Å². The largest absolute Gasteiger partial charge is 0.370 e. The Morgan fingerprint density at radius 2 is 2.21 bits per heavy atom. The molecule has 0 saturated carbocycles. The van der Waals surface area contributed by atoms with E-state index in [1.165, 1.54) is 6.42 Å². The standard InChI is InChI=1S/C14H24N4.HI/c1-12(2)6-5-10-17-14(15)18-11-8-13-7-3-4-9-16-13;/h3-4,7,9,12H,5-6,8,10-11H2,1-2H3,(H3,15,17,18);1H. The summed E-state index contributed by atoms with van der Waals surface area (Å²) in [4.78, 5) is 8.54. The third-order valence-corrected chi connectivity index (χ3v) is 2.64. The number of aliphatic imine (C=N–C) groups is 1. The molecule has 5 heteroatoms. The summed E-state index contributed by atoms with van der Waals surface area (Å²) in [5.41, 5.74) is 6.84. The van der Waals surface area contributed by atoms with Crippen LogP contribution in [0, 0.1) is 5.92 Å². The first-order valence-electron chi connectivity index (χ1n) is 6.62. The van der Waals surface area contributed by atoms with Crippen molar-refractivity contribution in [2.75, 3.05) is 13.1 Å². The SMILES string of the molecule is CC(C)CCCN=C(N)NCCc1ccccn1.I. The average Bonchev–Trinajstić information content (AvgIpc) is 2.36. The molecule has 0 fully saturated rings. The summed E-state index contributed by atoms with van der Waals surface area (Å²) < 4.78 is 0. The second kappa shape index (κ2) is 11.0. The molecule has 19 heavy (non-hydrogen) atoms. The number of halogens is 1. The Morgan fingerprint density at radius 3 is 2.84 bits per heavy atom. The number of guanidine groups is 1. The zero-order valence-corrected chi connectivity index (χ0v) is 14.1. The smallest absolute Gasteiger partial charge is 0.188 e. The van der Waals surface area contributed by atoms with Crippen LogP contribution in [0.15, 0.2) is 29.4 Å². The van der Waals surface area contributed by atoms with E-state index in [1.54, 1.807) is 6.20 Å². The zero-order valence-electron chi connectivity index (χ0n) is 11.8. The number of aromatic nitrogens is 1. The number of rotatable bonds is 7. The van der Waals surface area contributed by atoms with Crippen molar-refractivity contribution in [2.24, 2.45) is 16.6 Å². The van der Waals surface area contributed by atoms with Gasteiger partial charge < -0.3 is 11.1 Å². The van der Waals surface area contributed by atoms with Crippen molar-refractivity contribution in [3.8, 4) is 0 Å². The third kappa shape index (κ3) is 9.69. The van der Waals surface area contributed by atoms with Gasteiger partial charge >= 0.3 is 0 Å². The van der Waals surface area contributed by atoms with Crippen LogP contribution < -0.4 is 11.1 Å². The third-order valence-electron chi connectivity index (χ3n) is 2.64. The molecule has 0 aliphatic heterocycles. The summed E-state index contributed by atoms with van der Waals surface area (Å²) in [5, 5.41) is 3.11. The van der Waals surface area contributed by atoms with Gasteiger partial charge in [0.1, 0.15) is 0 Å². The summed E-state index contributed by atoms with van der Waals surface area (Å²) in [6.07, 6.45) is 4.97. The van der Waals surface area contributed by atoms with Gasteiger partial charge in [0.05, 0.1) is 0 Å². The van der Waals surface area contributed by atoms with E-state index < -0.39 is 0 Å². The molecule has 0 radical (unpaired) electrons. The van der Waals surface area contributed by atoms with E-state index in [-0.39, 0.29) is 24.0 Å². The molecule has 1 rings (SSSR count). The fourth-order valence-electron chi connectivity index (χ4n) is 1.62. The predicted molar refractivity (Wildman–Crippen MR) is 91.9 cm³/mol. The Hall–Kier alpha value is -0.850. The molecule has 1 aromatic heterocycles. The topological polar surface area (TPSA) is 63.3 Å². The molecule has 1 aromatic rings. The summed E-state index contributed by atoms with van der Waals surface area (Å²) >= 11 is 0. The summed E-state index contributed by atoms with van der Waals surface area (Å²) in [6, 6.07) is 5.92. The van der Waals surface area contributed by atoms with E-state index in [9.17, 15) is 0 Å². The Labute approximate surface area is 133 Å². The molecule has 0 unspecified atom stereocenters. The fraction of sp³-hybridized carbons (Fsp3) is 0.571. The van der Waals surface area contributed by atoms with Gasteiger partial charge in [0.2, 0.25) is 0 Å². The minimum absolute atomic E-state index is 0. The monoisotopic (exact) mass is 376 g/mol. The van der Waals surface area contributed by atoms with Gasteiger partial charge in [-0.05, 0) is 30.9 Å². The molecule has 0 amide bonds. The lowest BCUT2D eigenvalue weighted by molar-refractivity contribution is 0.561. The quantitative estimate of drug-likeness (QED) is 0.333. The molecule has 0 aliphatic carbocycles. The van der Waals surface area contributed by atoms with E-state index in [0.717, 1.165) is 37.5 Å². The van der Waals surface area contributed by atoms with Crippen LogP contribution in [0.4, 0.5) is 0 Å². The maximum Gasteiger partial charge on any atom is 0.188 e. The van der Waals surface area contributed by atoms with Gasteiger partial charge in [0.15, 0.2) is 5.96 Å². The first-order chi connectivity index (χ1) is 8.68. The minimum atomic E-state index is 0. The first-order valence-corrected chi connectivity index (χ1v) is 6.62. The number of nitrogens with zero attached hydrogens (tertiary/aromatic N) is 2. The summed E-state index contributed by atoms with van der Waals surface area (Å²) in [5.74, 6) is 1.27. The summed E-state index contributed by atoms with van der Waals surface area (Å²) in [6.45, 7) is 6.02. The van der Waals surface area contributed by atoms with Crippen LogP contribution in [0.1, 0.15) is 32.4 Å². The molecule has 108 valence electrons. The minimum Gasteiger partial charge on any atom is -0.370 e. The van der Waals surface area contributed by atoms with Crippen molar-refractivity contribution in [1.29, 1.82) is 0 Å². The number of hydrogen-bond donors (Lipinski definition) is 2. The van der Waals surface area contributed by atoms with Crippen LogP contribution >= 0.6 is 24.0 Å². The van der Waals surface area contributed by atoms with Crippen molar-refractivity contribution in [3.63, 3.8) is 0 Å². The second-order valence-electron chi connectivity index (χ2n) is 4.80. The van der Waals surface area contributed by atoms with Gasteiger partial charge in [0, 0.05) is 31.4 Å². The van der Waals surface area contributed by atoms with Gasteiger partial charge in [0.25, 0.3) is 0 Å². The van der Waals surface area contributed by atoms with Crippen molar-refractivity contribution >= 4 is 29.9 Å². The average molecular weight is 376 g/mol. The Kier molecular flexibility index (Phi) is 10.5. The summed E-state index contributed by atoms with van der Waals surface area (Å²) in [7, 11) is 0. The molecular weight excluding hydrogens is 351 g/mol. The Balaban J connectivity index is 0.00000324. The van der Waals surface area contributed by atoms with Gasteiger partial charge in [-0.25, -0.2) is 0 Å². The molecular formula is C14H25IN4. The van der Waals surface area contributed by atoms with Gasteiger partial charge in [-0.15, -0.1) is 24.0 Å². The predicted octanol–water partition coefficient (Wildman–Crippen LogP) is 2.58. The molecule has 0 saturated heterocycles. The molecule has 0 atom stereocenters. The lowest BCUT2D eigenvalue weighted by Gasteiger charge is -2.06.